The van der Waals surface area contributed by atoms with Crippen molar-refractivity contribution in [3.8, 4) is 11.3 Å². The van der Waals surface area contributed by atoms with Crippen molar-refractivity contribution in [3.63, 3.8) is 0 Å². The molecule has 2 atom stereocenters. The van der Waals surface area contributed by atoms with Gasteiger partial charge in [0.15, 0.2) is 0 Å². The van der Waals surface area contributed by atoms with Crippen LogP contribution in [0.5, 0.6) is 0 Å². The van der Waals surface area contributed by atoms with Crippen LogP contribution in [-0.4, -0.2) is 55.1 Å². The maximum Gasteiger partial charge on any atom is 0.306 e. The average Bonchev–Trinajstić information content (AvgIpc) is 3.50. The lowest BCUT2D eigenvalue weighted by Crippen LogP contribution is -2.30. The lowest BCUT2D eigenvalue weighted by Gasteiger charge is -2.17. The molecule has 1 N–H and O–H groups in total. The van der Waals surface area contributed by atoms with Crippen LogP contribution in [0.1, 0.15) is 19.0 Å². The van der Waals surface area contributed by atoms with E-state index >= 15 is 0 Å². The minimum absolute atomic E-state index is 0.0470. The van der Waals surface area contributed by atoms with Gasteiger partial charge in [-0.3, -0.25) is 9.78 Å². The number of nitrogens with zero attached hydrogens (tertiary/aromatic N) is 2. The summed E-state index contributed by atoms with van der Waals surface area (Å²) in [4.78, 5) is 15.9. The lowest BCUT2D eigenvalue weighted by atomic mass is 10.00. The number of aromatic nitrogens is 1. The van der Waals surface area contributed by atoms with Gasteiger partial charge in [-0.1, -0.05) is 24.6 Å². The number of aliphatic carboxylic acids is 1. The number of carboxylic acid groups (broad SMARTS) is 1. The Bertz CT molecular complexity index is 1010. The van der Waals surface area contributed by atoms with Crippen LogP contribution in [0.2, 0.25) is 5.02 Å². The van der Waals surface area contributed by atoms with Crippen LogP contribution in [-0.2, 0) is 26.0 Å². The van der Waals surface area contributed by atoms with E-state index in [0.29, 0.717) is 42.9 Å². The number of rotatable bonds is 9. The van der Waals surface area contributed by atoms with E-state index in [-0.39, 0.29) is 16.0 Å². The first-order chi connectivity index (χ1) is 13.7. The summed E-state index contributed by atoms with van der Waals surface area (Å²) in [5, 5.41) is 9.52. The Kier molecular flexibility index (Phi) is 6.58. The van der Waals surface area contributed by atoms with Gasteiger partial charge in [0.2, 0.25) is 10.0 Å². The molecule has 0 saturated carbocycles. The summed E-state index contributed by atoms with van der Waals surface area (Å²) in [5.41, 5.74) is 1.80. The zero-order valence-electron chi connectivity index (χ0n) is 16.2. The molecule has 1 unspecified atom stereocenters. The molecule has 0 aliphatic carbocycles. The number of hydrogen-bond acceptors (Lipinski definition) is 5. The van der Waals surface area contributed by atoms with Crippen molar-refractivity contribution in [1.82, 2.24) is 9.29 Å². The van der Waals surface area contributed by atoms with Gasteiger partial charge in [0, 0.05) is 31.3 Å². The minimum Gasteiger partial charge on any atom is -0.481 e. The number of epoxide rings is 1. The fourth-order valence-electron chi connectivity index (χ4n) is 3.00. The highest BCUT2D eigenvalue weighted by atomic mass is 35.5. The average molecular weight is 439 g/mol. The van der Waals surface area contributed by atoms with Gasteiger partial charge in [-0.25, -0.2) is 8.42 Å². The third-order valence-electron chi connectivity index (χ3n) is 4.89. The number of carboxylic acids is 1. The highest BCUT2D eigenvalue weighted by Crippen LogP contribution is 2.30. The molecule has 1 saturated heterocycles. The van der Waals surface area contributed by atoms with Gasteiger partial charge in [-0.2, -0.15) is 4.31 Å². The van der Waals surface area contributed by atoms with Crippen LogP contribution in [0.25, 0.3) is 11.3 Å². The van der Waals surface area contributed by atoms with Crippen molar-refractivity contribution in [2.24, 2.45) is 5.92 Å². The minimum atomic E-state index is -3.67. The highest BCUT2D eigenvalue weighted by Gasteiger charge is 2.30. The zero-order chi connectivity index (χ0) is 21.2. The Balaban J connectivity index is 1.85. The normalized spacial score (nSPS) is 17.3. The van der Waals surface area contributed by atoms with Gasteiger partial charge in [0.05, 0.1) is 34.2 Å². The second-order valence-corrected chi connectivity index (χ2v) is 9.50. The topological polar surface area (TPSA) is 100 Å². The number of sulfonamides is 1. The van der Waals surface area contributed by atoms with Gasteiger partial charge >= 0.3 is 5.97 Å². The number of carbonyl (C=O) groups is 1. The number of pyridine rings is 1. The molecule has 0 radical (unpaired) electrons. The van der Waals surface area contributed by atoms with Crippen LogP contribution >= 0.6 is 11.6 Å². The van der Waals surface area contributed by atoms with Crippen LogP contribution in [0.4, 0.5) is 0 Å². The molecular formula is C20H23ClN2O5S. The number of likely N-dealkylation sites (N-methyl/N-ethyl adjacent to an activating group) is 1. The van der Waals surface area contributed by atoms with E-state index in [9.17, 15) is 18.3 Å². The third-order valence-corrected chi connectivity index (χ3v) is 7.02. The molecule has 0 bridgehead atoms. The standard InChI is InChI=1S/C20H23ClN2O5S/c1-3-13(20(24)25)9-14-5-4-6-19(22-14)17-8-7-16(10-18(17)21)29(26,27)23(2)11-15-12-28-15/h4-8,10,13,15H,3,9,11-12H2,1-2H3,(H,24,25)/t13-,15?/m0/s1. The molecule has 29 heavy (non-hydrogen) atoms. The summed E-state index contributed by atoms with van der Waals surface area (Å²) in [6, 6.07) is 9.86. The van der Waals surface area contributed by atoms with E-state index in [4.69, 9.17) is 16.3 Å². The number of ether oxygens (including phenoxy) is 1. The molecule has 7 nitrogen and oxygen atoms in total. The van der Waals surface area contributed by atoms with Gasteiger partial charge in [0.1, 0.15) is 0 Å². The summed E-state index contributed by atoms with van der Waals surface area (Å²) in [7, 11) is -2.16. The molecular weight excluding hydrogens is 416 g/mol. The van der Waals surface area contributed by atoms with Crippen LogP contribution in [0.15, 0.2) is 41.3 Å². The van der Waals surface area contributed by atoms with Gasteiger partial charge in [-0.15, -0.1) is 0 Å². The molecule has 1 aliphatic heterocycles. The molecule has 156 valence electrons. The van der Waals surface area contributed by atoms with E-state index in [1.807, 2.05) is 6.92 Å². The fraction of sp³-hybridized carbons (Fsp3) is 0.400. The summed E-state index contributed by atoms with van der Waals surface area (Å²) >= 11 is 6.39. The Labute approximate surface area is 175 Å². The van der Waals surface area contributed by atoms with E-state index < -0.39 is 21.9 Å². The molecule has 1 aromatic heterocycles. The molecule has 1 fully saturated rings. The van der Waals surface area contributed by atoms with Crippen LogP contribution < -0.4 is 0 Å². The first-order valence-corrected chi connectivity index (χ1v) is 11.1. The molecule has 9 heteroatoms. The maximum atomic E-state index is 12.7. The summed E-state index contributed by atoms with van der Waals surface area (Å²) < 4.78 is 31.8. The Hall–Kier alpha value is -2.00. The number of halogens is 1. The Morgan fingerprint density at radius 3 is 2.69 bits per heavy atom. The number of benzene rings is 1. The summed E-state index contributed by atoms with van der Waals surface area (Å²) in [5.74, 6) is -1.36. The van der Waals surface area contributed by atoms with Crippen molar-refractivity contribution in [1.29, 1.82) is 0 Å². The maximum absolute atomic E-state index is 12.7. The molecule has 1 aliphatic rings. The van der Waals surface area contributed by atoms with Gasteiger partial charge < -0.3 is 9.84 Å². The second kappa shape index (κ2) is 8.79. The van der Waals surface area contributed by atoms with Crippen molar-refractivity contribution in [2.75, 3.05) is 20.2 Å². The van der Waals surface area contributed by atoms with Crippen LogP contribution in [0, 0.1) is 5.92 Å². The van der Waals surface area contributed by atoms with Gasteiger partial charge in [0.25, 0.3) is 0 Å². The van der Waals surface area contributed by atoms with Crippen molar-refractivity contribution >= 4 is 27.6 Å². The van der Waals surface area contributed by atoms with Gasteiger partial charge in [-0.05, 0) is 36.8 Å². The molecule has 1 aromatic carbocycles. The fourth-order valence-corrected chi connectivity index (χ4v) is 4.58. The predicted octanol–water partition coefficient (Wildman–Crippen LogP) is 3.07. The predicted molar refractivity (Wildman–Crippen MR) is 109 cm³/mol. The van der Waals surface area contributed by atoms with Crippen molar-refractivity contribution in [3.05, 3.63) is 47.1 Å². The second-order valence-electron chi connectivity index (χ2n) is 7.04. The van der Waals surface area contributed by atoms with Crippen molar-refractivity contribution < 1.29 is 23.1 Å². The highest BCUT2D eigenvalue weighted by molar-refractivity contribution is 7.89. The smallest absolute Gasteiger partial charge is 0.306 e. The van der Waals surface area contributed by atoms with Crippen LogP contribution in [0.3, 0.4) is 0 Å². The zero-order valence-corrected chi connectivity index (χ0v) is 17.8. The first kappa shape index (κ1) is 21.7. The number of hydrogen-bond donors (Lipinski definition) is 1. The van der Waals surface area contributed by atoms with E-state index in [2.05, 4.69) is 4.98 Å². The molecule has 0 amide bonds. The first-order valence-electron chi connectivity index (χ1n) is 9.29. The van der Waals surface area contributed by atoms with Crippen molar-refractivity contribution in [2.45, 2.75) is 30.8 Å². The summed E-state index contributed by atoms with van der Waals surface area (Å²) in [6.45, 7) is 2.70. The molecule has 2 aromatic rings. The molecule has 2 heterocycles. The Morgan fingerprint density at radius 1 is 1.38 bits per heavy atom. The largest absolute Gasteiger partial charge is 0.481 e. The third kappa shape index (κ3) is 5.14. The lowest BCUT2D eigenvalue weighted by molar-refractivity contribution is -0.141. The monoisotopic (exact) mass is 438 g/mol. The van der Waals surface area contributed by atoms with E-state index in [0.717, 1.165) is 0 Å². The SMILES string of the molecule is CC[C@@H](Cc1cccc(-c2ccc(S(=O)(=O)N(C)CC3CO3)cc2Cl)n1)C(=O)O. The molecule has 3 rings (SSSR count). The molecule has 0 spiro atoms. The van der Waals surface area contributed by atoms with E-state index in [1.165, 1.54) is 23.5 Å². The van der Waals surface area contributed by atoms with E-state index in [1.54, 1.807) is 24.3 Å². The summed E-state index contributed by atoms with van der Waals surface area (Å²) in [6.07, 6.45) is 0.778. The quantitative estimate of drug-likeness (QED) is 0.604. The Morgan fingerprint density at radius 2 is 2.10 bits per heavy atom.